The second kappa shape index (κ2) is 4.49. The van der Waals surface area contributed by atoms with E-state index in [0.717, 1.165) is 25.1 Å². The summed E-state index contributed by atoms with van der Waals surface area (Å²) < 4.78 is 0. The number of nitro groups is 1. The molecule has 0 radical (unpaired) electrons. The zero-order valence-corrected chi connectivity index (χ0v) is 8.87. The molecular formula is C11H14N2O3. The van der Waals surface area contributed by atoms with Gasteiger partial charge in [-0.05, 0) is 18.9 Å². The van der Waals surface area contributed by atoms with Gasteiger partial charge in [-0.1, -0.05) is 6.07 Å². The summed E-state index contributed by atoms with van der Waals surface area (Å²) in [5, 5.41) is 19.9. The minimum absolute atomic E-state index is 0.0982. The molecule has 16 heavy (non-hydrogen) atoms. The standard InChI is InChI=1S/C11H14N2O3/c14-8-11-5-2-6-12(11)9-3-1-4-10(7-9)13(15)16/h1,3-4,7,11,14H,2,5-6,8H2. The lowest BCUT2D eigenvalue weighted by Crippen LogP contribution is -2.31. The first-order valence-corrected chi connectivity index (χ1v) is 5.34. The van der Waals surface area contributed by atoms with Gasteiger partial charge < -0.3 is 10.0 Å². The first-order chi connectivity index (χ1) is 7.72. The Bertz CT molecular complexity index is 395. The number of anilines is 1. The van der Waals surface area contributed by atoms with Crippen molar-refractivity contribution in [1.29, 1.82) is 0 Å². The van der Waals surface area contributed by atoms with E-state index in [2.05, 4.69) is 0 Å². The number of hydrogen-bond acceptors (Lipinski definition) is 4. The average molecular weight is 222 g/mol. The van der Waals surface area contributed by atoms with Gasteiger partial charge in [0.2, 0.25) is 0 Å². The summed E-state index contributed by atoms with van der Waals surface area (Å²) >= 11 is 0. The first kappa shape index (κ1) is 10.9. The summed E-state index contributed by atoms with van der Waals surface area (Å²) in [5.41, 5.74) is 0.923. The zero-order chi connectivity index (χ0) is 11.5. The molecule has 1 atom stereocenters. The lowest BCUT2D eigenvalue weighted by atomic mass is 10.2. The molecule has 0 spiro atoms. The fourth-order valence-corrected chi connectivity index (χ4v) is 2.15. The van der Waals surface area contributed by atoms with Gasteiger partial charge in [-0.25, -0.2) is 0 Å². The Balaban J connectivity index is 2.26. The Kier molecular flexibility index (Phi) is 3.05. The summed E-state index contributed by atoms with van der Waals surface area (Å²) in [6, 6.07) is 6.67. The van der Waals surface area contributed by atoms with Crippen LogP contribution < -0.4 is 4.90 Å². The molecule has 1 aliphatic rings. The van der Waals surface area contributed by atoms with Crippen molar-refractivity contribution in [3.8, 4) is 0 Å². The van der Waals surface area contributed by atoms with Crippen molar-refractivity contribution in [2.45, 2.75) is 18.9 Å². The molecular weight excluding hydrogens is 208 g/mol. The number of benzene rings is 1. The number of hydrogen-bond donors (Lipinski definition) is 1. The van der Waals surface area contributed by atoms with Crippen molar-refractivity contribution in [2.24, 2.45) is 0 Å². The average Bonchev–Trinajstić information content (AvgIpc) is 2.77. The van der Waals surface area contributed by atoms with Gasteiger partial charge in [-0.15, -0.1) is 0 Å². The van der Waals surface area contributed by atoms with Crippen molar-refractivity contribution in [3.63, 3.8) is 0 Å². The van der Waals surface area contributed by atoms with Gasteiger partial charge >= 0.3 is 0 Å². The quantitative estimate of drug-likeness (QED) is 0.622. The van der Waals surface area contributed by atoms with Gasteiger partial charge in [0.15, 0.2) is 0 Å². The summed E-state index contributed by atoms with van der Waals surface area (Å²) in [4.78, 5) is 12.3. The molecule has 1 saturated heterocycles. The van der Waals surface area contributed by atoms with Crippen molar-refractivity contribution in [1.82, 2.24) is 0 Å². The van der Waals surface area contributed by atoms with Gasteiger partial charge in [0.1, 0.15) is 0 Å². The van der Waals surface area contributed by atoms with E-state index in [-0.39, 0.29) is 18.3 Å². The third-order valence-electron chi connectivity index (χ3n) is 2.96. The van der Waals surface area contributed by atoms with Crippen LogP contribution in [0, 0.1) is 10.1 Å². The van der Waals surface area contributed by atoms with Gasteiger partial charge in [0.05, 0.1) is 17.6 Å². The number of rotatable bonds is 3. The van der Waals surface area contributed by atoms with Crippen LogP contribution >= 0.6 is 0 Å². The van der Waals surface area contributed by atoms with Gasteiger partial charge in [0.25, 0.3) is 5.69 Å². The van der Waals surface area contributed by atoms with Crippen LogP contribution in [0.1, 0.15) is 12.8 Å². The Labute approximate surface area is 93.5 Å². The van der Waals surface area contributed by atoms with Crippen LogP contribution in [-0.2, 0) is 0 Å². The molecule has 2 rings (SSSR count). The Morgan fingerprint density at radius 3 is 3.06 bits per heavy atom. The summed E-state index contributed by atoms with van der Waals surface area (Å²) in [6.45, 7) is 0.953. The molecule has 86 valence electrons. The van der Waals surface area contributed by atoms with Crippen LogP contribution in [0.3, 0.4) is 0 Å². The van der Waals surface area contributed by atoms with Crippen LogP contribution in [0.2, 0.25) is 0 Å². The van der Waals surface area contributed by atoms with Gasteiger partial charge in [-0.3, -0.25) is 10.1 Å². The van der Waals surface area contributed by atoms with E-state index in [9.17, 15) is 15.2 Å². The SMILES string of the molecule is O=[N+]([O-])c1cccc(N2CCCC2CO)c1. The monoisotopic (exact) mass is 222 g/mol. The van der Waals surface area contributed by atoms with E-state index in [4.69, 9.17) is 0 Å². The second-order valence-electron chi connectivity index (χ2n) is 3.95. The zero-order valence-electron chi connectivity index (χ0n) is 8.87. The van der Waals surface area contributed by atoms with E-state index in [1.807, 2.05) is 11.0 Å². The van der Waals surface area contributed by atoms with Crippen LogP contribution in [0.25, 0.3) is 0 Å². The number of aliphatic hydroxyl groups is 1. The topological polar surface area (TPSA) is 66.6 Å². The molecule has 0 aromatic heterocycles. The third kappa shape index (κ3) is 1.99. The molecule has 0 amide bonds. The van der Waals surface area contributed by atoms with Crippen molar-refractivity contribution >= 4 is 11.4 Å². The normalized spacial score (nSPS) is 20.1. The van der Waals surface area contributed by atoms with Gasteiger partial charge in [0, 0.05) is 24.4 Å². The summed E-state index contributed by atoms with van der Waals surface area (Å²) in [6.07, 6.45) is 1.97. The highest BCUT2D eigenvalue weighted by Gasteiger charge is 2.24. The Morgan fingerprint density at radius 2 is 2.38 bits per heavy atom. The highest BCUT2D eigenvalue weighted by Crippen LogP contribution is 2.27. The van der Waals surface area contributed by atoms with E-state index >= 15 is 0 Å². The molecule has 1 aromatic carbocycles. The minimum atomic E-state index is -0.395. The molecule has 1 unspecified atom stereocenters. The van der Waals surface area contributed by atoms with Crippen molar-refractivity contribution < 1.29 is 10.0 Å². The predicted molar refractivity (Wildman–Crippen MR) is 60.6 cm³/mol. The Morgan fingerprint density at radius 1 is 1.56 bits per heavy atom. The summed E-state index contributed by atoms with van der Waals surface area (Å²) in [5.74, 6) is 0. The molecule has 0 aliphatic carbocycles. The highest BCUT2D eigenvalue weighted by molar-refractivity contribution is 5.54. The highest BCUT2D eigenvalue weighted by atomic mass is 16.6. The number of non-ortho nitro benzene ring substituents is 1. The van der Waals surface area contributed by atoms with Crippen molar-refractivity contribution in [3.05, 3.63) is 34.4 Å². The van der Waals surface area contributed by atoms with Crippen molar-refractivity contribution in [2.75, 3.05) is 18.1 Å². The molecule has 1 heterocycles. The van der Waals surface area contributed by atoms with Gasteiger partial charge in [-0.2, -0.15) is 0 Å². The molecule has 1 N–H and O–H groups in total. The lowest BCUT2D eigenvalue weighted by molar-refractivity contribution is -0.384. The maximum atomic E-state index is 10.7. The van der Waals surface area contributed by atoms with E-state index in [0.29, 0.717) is 0 Å². The third-order valence-corrected chi connectivity index (χ3v) is 2.96. The summed E-state index contributed by atoms with van der Waals surface area (Å²) in [7, 11) is 0. The van der Waals surface area contributed by atoms with E-state index < -0.39 is 4.92 Å². The minimum Gasteiger partial charge on any atom is -0.394 e. The van der Waals surface area contributed by atoms with Crippen LogP contribution in [-0.4, -0.2) is 29.2 Å². The largest absolute Gasteiger partial charge is 0.394 e. The molecule has 0 bridgehead atoms. The molecule has 0 saturated carbocycles. The van der Waals surface area contributed by atoms with Crippen LogP contribution in [0.4, 0.5) is 11.4 Å². The lowest BCUT2D eigenvalue weighted by Gasteiger charge is -2.24. The molecule has 1 aliphatic heterocycles. The fourth-order valence-electron chi connectivity index (χ4n) is 2.15. The molecule has 1 aromatic rings. The smallest absolute Gasteiger partial charge is 0.271 e. The molecule has 5 nitrogen and oxygen atoms in total. The van der Waals surface area contributed by atoms with Crippen LogP contribution in [0.5, 0.6) is 0 Å². The molecule has 5 heteroatoms. The maximum absolute atomic E-state index is 10.7. The van der Waals surface area contributed by atoms with Crippen LogP contribution in [0.15, 0.2) is 24.3 Å². The number of nitrogens with zero attached hydrogens (tertiary/aromatic N) is 2. The predicted octanol–water partition coefficient (Wildman–Crippen LogP) is 1.56. The number of nitro benzene ring substituents is 1. The van der Waals surface area contributed by atoms with E-state index in [1.54, 1.807) is 12.1 Å². The Hall–Kier alpha value is -1.62. The first-order valence-electron chi connectivity index (χ1n) is 5.34. The molecule has 1 fully saturated rings. The fraction of sp³-hybridized carbons (Fsp3) is 0.455. The number of aliphatic hydroxyl groups excluding tert-OH is 1. The second-order valence-corrected chi connectivity index (χ2v) is 3.95. The van der Waals surface area contributed by atoms with E-state index in [1.165, 1.54) is 6.07 Å². The maximum Gasteiger partial charge on any atom is 0.271 e.